The first-order chi connectivity index (χ1) is 5.66. The van der Waals surface area contributed by atoms with Crippen LogP contribution in [-0.4, -0.2) is 0 Å². The van der Waals surface area contributed by atoms with Gasteiger partial charge in [-0.15, -0.1) is 0 Å². The lowest BCUT2D eigenvalue weighted by Crippen LogP contribution is -2.03. The Morgan fingerprint density at radius 3 is 2.67 bits per heavy atom. The van der Waals surface area contributed by atoms with Crippen molar-refractivity contribution < 1.29 is 0 Å². The fourth-order valence-corrected chi connectivity index (χ4v) is 1.24. The quantitative estimate of drug-likeness (QED) is 0.633. The number of anilines is 1. The lowest BCUT2D eigenvalue weighted by Gasteiger charge is -2.06. The minimum atomic E-state index is 0.480. The van der Waals surface area contributed by atoms with Gasteiger partial charge in [0.2, 0.25) is 0 Å². The molecule has 0 aliphatic rings. The maximum Gasteiger partial charge on any atom is 0.0566 e. The van der Waals surface area contributed by atoms with Crippen molar-refractivity contribution in [3.63, 3.8) is 0 Å². The number of halogens is 1. The molecular weight excluding hydrogens is 218 g/mol. The Morgan fingerprint density at radius 1 is 1.42 bits per heavy atom. The first-order valence-electron chi connectivity index (χ1n) is 3.38. The zero-order valence-electron chi connectivity index (χ0n) is 6.42. The Hall–Kier alpha value is -1.16. The van der Waals surface area contributed by atoms with E-state index in [0.717, 1.165) is 10.0 Å². The Kier molecular flexibility index (Phi) is 2.60. The molecule has 0 fully saturated rings. The number of nitrogen functional groups attached to an aromatic ring is 1. The molecule has 6 N–H and O–H groups in total. The van der Waals surface area contributed by atoms with E-state index >= 15 is 0 Å². The van der Waals surface area contributed by atoms with Crippen LogP contribution in [0.2, 0.25) is 0 Å². The second-order valence-corrected chi connectivity index (χ2v) is 3.18. The number of nitrogens with two attached hydrogens (primary N) is 3. The highest BCUT2D eigenvalue weighted by atomic mass is 79.9. The molecule has 0 bridgehead atoms. The van der Waals surface area contributed by atoms with Crippen LogP contribution < -0.4 is 17.2 Å². The third-order valence-electron chi connectivity index (χ3n) is 1.54. The van der Waals surface area contributed by atoms with Crippen LogP contribution in [0.4, 0.5) is 5.69 Å². The molecule has 1 rings (SSSR count). The van der Waals surface area contributed by atoms with E-state index in [0.29, 0.717) is 11.4 Å². The maximum atomic E-state index is 5.74. The molecule has 0 spiro atoms. The van der Waals surface area contributed by atoms with Crippen molar-refractivity contribution in [3.8, 4) is 0 Å². The van der Waals surface area contributed by atoms with E-state index in [1.165, 1.54) is 6.20 Å². The van der Waals surface area contributed by atoms with Crippen LogP contribution in [0.1, 0.15) is 5.56 Å². The summed E-state index contributed by atoms with van der Waals surface area (Å²) < 4.78 is 0.824. The molecule has 0 amide bonds. The predicted octanol–water partition coefficient (Wildman–Crippen LogP) is 1.25. The largest absolute Gasteiger partial charge is 0.403 e. The summed E-state index contributed by atoms with van der Waals surface area (Å²) in [6, 6.07) is 5.52. The molecule has 0 aliphatic heterocycles. The van der Waals surface area contributed by atoms with Crippen molar-refractivity contribution in [1.29, 1.82) is 0 Å². The molecular formula is C8H10BrN3. The zero-order valence-corrected chi connectivity index (χ0v) is 8.01. The first-order valence-corrected chi connectivity index (χ1v) is 4.18. The normalized spacial score (nSPS) is 11.6. The summed E-state index contributed by atoms with van der Waals surface area (Å²) >= 11 is 3.29. The van der Waals surface area contributed by atoms with Crippen LogP contribution in [0, 0.1) is 0 Å². The van der Waals surface area contributed by atoms with Gasteiger partial charge in [0, 0.05) is 16.2 Å². The highest BCUT2D eigenvalue weighted by Crippen LogP contribution is 2.25. The number of rotatable bonds is 1. The van der Waals surface area contributed by atoms with Crippen LogP contribution in [0.15, 0.2) is 28.9 Å². The molecule has 0 saturated heterocycles. The van der Waals surface area contributed by atoms with Crippen LogP contribution in [0.5, 0.6) is 0 Å². The van der Waals surface area contributed by atoms with Gasteiger partial charge in [0.1, 0.15) is 0 Å². The monoisotopic (exact) mass is 227 g/mol. The van der Waals surface area contributed by atoms with Crippen molar-refractivity contribution in [2.75, 3.05) is 5.73 Å². The average Bonchev–Trinajstić information content (AvgIpc) is 2.08. The van der Waals surface area contributed by atoms with Crippen molar-refractivity contribution in [1.82, 2.24) is 0 Å². The van der Waals surface area contributed by atoms with Crippen LogP contribution in [0.25, 0.3) is 5.70 Å². The van der Waals surface area contributed by atoms with E-state index < -0.39 is 0 Å². The Labute approximate surface area is 79.4 Å². The molecule has 64 valence electrons. The fourth-order valence-electron chi connectivity index (χ4n) is 0.879. The second kappa shape index (κ2) is 3.49. The number of benzene rings is 1. The van der Waals surface area contributed by atoms with Crippen molar-refractivity contribution >= 4 is 27.3 Å². The molecule has 12 heavy (non-hydrogen) atoms. The fraction of sp³-hybridized carbons (Fsp3) is 0. The van der Waals surface area contributed by atoms with Gasteiger partial charge in [0.05, 0.1) is 11.4 Å². The standard InChI is InChI=1S/C8H10BrN3/c9-6-3-1-2-5(8(6)12)7(11)4-10/h1-4H,10-12H2/b7-4+. The van der Waals surface area contributed by atoms with Gasteiger partial charge in [-0.3, -0.25) is 0 Å². The summed E-state index contributed by atoms with van der Waals surface area (Å²) in [6.07, 6.45) is 1.33. The Balaban J connectivity index is 3.26. The predicted molar refractivity (Wildman–Crippen MR) is 54.9 cm³/mol. The molecule has 0 aromatic heterocycles. The van der Waals surface area contributed by atoms with E-state index in [-0.39, 0.29) is 0 Å². The van der Waals surface area contributed by atoms with Crippen molar-refractivity contribution in [2.24, 2.45) is 11.5 Å². The zero-order chi connectivity index (χ0) is 9.14. The maximum absolute atomic E-state index is 5.74. The topological polar surface area (TPSA) is 78.1 Å². The summed E-state index contributed by atoms with van der Waals surface area (Å²) in [4.78, 5) is 0. The SMILES string of the molecule is N/C=C(/N)c1cccc(Br)c1N. The summed E-state index contributed by atoms with van der Waals surface area (Å²) in [7, 11) is 0. The van der Waals surface area contributed by atoms with E-state index in [9.17, 15) is 0 Å². The van der Waals surface area contributed by atoms with Crippen LogP contribution in [-0.2, 0) is 0 Å². The molecule has 3 nitrogen and oxygen atoms in total. The third-order valence-corrected chi connectivity index (χ3v) is 2.23. The van der Waals surface area contributed by atoms with Gasteiger partial charge in [-0.05, 0) is 22.0 Å². The van der Waals surface area contributed by atoms with Crippen molar-refractivity contribution in [3.05, 3.63) is 34.4 Å². The van der Waals surface area contributed by atoms with Crippen molar-refractivity contribution in [2.45, 2.75) is 0 Å². The molecule has 0 heterocycles. The number of hydrogen-bond acceptors (Lipinski definition) is 3. The summed E-state index contributed by atoms with van der Waals surface area (Å²) in [5, 5.41) is 0. The minimum Gasteiger partial charge on any atom is -0.403 e. The first kappa shape index (κ1) is 8.93. The Bertz CT molecular complexity index is 320. The molecule has 1 aromatic rings. The Morgan fingerprint density at radius 2 is 2.08 bits per heavy atom. The van der Waals surface area contributed by atoms with Gasteiger partial charge in [-0.1, -0.05) is 12.1 Å². The highest BCUT2D eigenvalue weighted by molar-refractivity contribution is 9.10. The van der Waals surface area contributed by atoms with Gasteiger partial charge in [-0.2, -0.15) is 0 Å². The average molecular weight is 228 g/mol. The highest BCUT2D eigenvalue weighted by Gasteiger charge is 2.03. The van der Waals surface area contributed by atoms with Gasteiger partial charge >= 0.3 is 0 Å². The van der Waals surface area contributed by atoms with Gasteiger partial charge in [0.15, 0.2) is 0 Å². The second-order valence-electron chi connectivity index (χ2n) is 2.32. The molecule has 0 unspecified atom stereocenters. The van der Waals surface area contributed by atoms with Gasteiger partial charge in [0.25, 0.3) is 0 Å². The summed E-state index contributed by atoms with van der Waals surface area (Å²) in [5.74, 6) is 0. The molecule has 0 aliphatic carbocycles. The van der Waals surface area contributed by atoms with E-state index in [4.69, 9.17) is 17.2 Å². The van der Waals surface area contributed by atoms with Gasteiger partial charge in [-0.25, -0.2) is 0 Å². The molecule has 0 saturated carbocycles. The number of para-hydroxylation sites is 1. The summed E-state index contributed by atoms with van der Waals surface area (Å²) in [6.45, 7) is 0. The number of hydrogen-bond donors (Lipinski definition) is 3. The molecule has 0 atom stereocenters. The summed E-state index contributed by atoms with van der Waals surface area (Å²) in [5.41, 5.74) is 18.4. The lowest BCUT2D eigenvalue weighted by molar-refractivity contribution is 1.45. The van der Waals surface area contributed by atoms with Crippen LogP contribution >= 0.6 is 15.9 Å². The molecule has 0 radical (unpaired) electrons. The van der Waals surface area contributed by atoms with E-state index in [1.807, 2.05) is 18.2 Å². The smallest absolute Gasteiger partial charge is 0.0566 e. The molecule has 1 aromatic carbocycles. The lowest BCUT2D eigenvalue weighted by atomic mass is 10.1. The van der Waals surface area contributed by atoms with E-state index in [1.54, 1.807) is 0 Å². The molecule has 4 heteroatoms. The van der Waals surface area contributed by atoms with Crippen LogP contribution in [0.3, 0.4) is 0 Å². The van der Waals surface area contributed by atoms with E-state index in [2.05, 4.69) is 15.9 Å². The minimum absolute atomic E-state index is 0.480. The third kappa shape index (κ3) is 1.53. The van der Waals surface area contributed by atoms with Gasteiger partial charge < -0.3 is 17.2 Å².